The van der Waals surface area contributed by atoms with E-state index in [0.29, 0.717) is 5.82 Å². The van der Waals surface area contributed by atoms with E-state index in [4.69, 9.17) is 11.6 Å². The minimum absolute atomic E-state index is 0.00318. The van der Waals surface area contributed by atoms with Crippen LogP contribution < -0.4 is 5.32 Å². The number of hydrogen-bond donors (Lipinski definition) is 1. The van der Waals surface area contributed by atoms with E-state index in [0.717, 1.165) is 6.42 Å². The molecule has 0 saturated heterocycles. The highest BCUT2D eigenvalue weighted by molar-refractivity contribution is 6.29. The normalized spacial score (nSPS) is 22.2. The Morgan fingerprint density at radius 3 is 2.80 bits per heavy atom. The molecule has 1 aliphatic carbocycles. The number of hydrogen-bond acceptors (Lipinski definition) is 3. The lowest BCUT2D eigenvalue weighted by Gasteiger charge is -2.05. The maximum atomic E-state index is 11.7. The molecule has 0 aromatic carbocycles. The zero-order valence-electron chi connectivity index (χ0n) is 8.62. The van der Waals surface area contributed by atoms with Crippen molar-refractivity contribution in [2.24, 2.45) is 11.3 Å². The fourth-order valence-corrected chi connectivity index (χ4v) is 1.68. The van der Waals surface area contributed by atoms with Gasteiger partial charge in [-0.1, -0.05) is 25.4 Å². The number of rotatable bonds is 2. The number of nitrogens with one attached hydrogen (secondary N) is 1. The molecule has 1 aromatic heterocycles. The van der Waals surface area contributed by atoms with Gasteiger partial charge in [-0.15, -0.1) is 0 Å². The molecule has 1 N–H and O–H groups in total. The van der Waals surface area contributed by atoms with Gasteiger partial charge in [-0.25, -0.2) is 4.98 Å². The number of carbonyl (C=O) groups is 1. The second kappa shape index (κ2) is 3.45. The summed E-state index contributed by atoms with van der Waals surface area (Å²) in [6.45, 7) is 4.14. The minimum atomic E-state index is -0.00318. The van der Waals surface area contributed by atoms with Crippen LogP contribution in [0.4, 0.5) is 5.82 Å². The molecule has 1 saturated carbocycles. The maximum absolute atomic E-state index is 11.7. The average Bonchev–Trinajstić information content (AvgIpc) is 2.75. The van der Waals surface area contributed by atoms with E-state index >= 15 is 0 Å². The first-order chi connectivity index (χ1) is 6.99. The monoisotopic (exact) mass is 225 g/mol. The predicted molar refractivity (Wildman–Crippen MR) is 57.6 cm³/mol. The largest absolute Gasteiger partial charge is 0.309 e. The maximum Gasteiger partial charge on any atom is 0.229 e. The summed E-state index contributed by atoms with van der Waals surface area (Å²) in [6, 6.07) is 0. The van der Waals surface area contributed by atoms with Crippen LogP contribution >= 0.6 is 11.6 Å². The quantitative estimate of drug-likeness (QED) is 0.839. The Bertz CT molecular complexity index is 405. The van der Waals surface area contributed by atoms with Crippen LogP contribution in [0.2, 0.25) is 5.15 Å². The first-order valence-electron chi connectivity index (χ1n) is 4.77. The fraction of sp³-hybridized carbons (Fsp3) is 0.500. The lowest BCUT2D eigenvalue weighted by Crippen LogP contribution is -2.17. The van der Waals surface area contributed by atoms with E-state index in [1.54, 1.807) is 0 Å². The van der Waals surface area contributed by atoms with Gasteiger partial charge in [0.25, 0.3) is 0 Å². The molecule has 0 radical (unpaired) electrons. The molecule has 0 aliphatic heterocycles. The van der Waals surface area contributed by atoms with Gasteiger partial charge in [-0.05, 0) is 11.8 Å². The molecule has 1 heterocycles. The second-order valence-corrected chi connectivity index (χ2v) is 4.85. The van der Waals surface area contributed by atoms with Gasteiger partial charge in [0.1, 0.15) is 5.15 Å². The number of nitrogens with zero attached hydrogens (tertiary/aromatic N) is 2. The standard InChI is InChI=1S/C10H12ClN3O/c1-10(2)3-6(10)9(15)14-8-5-12-4-7(11)13-8/h4-6H,3H2,1-2H3,(H,13,14,15). The topological polar surface area (TPSA) is 54.9 Å². The zero-order valence-corrected chi connectivity index (χ0v) is 9.38. The van der Waals surface area contributed by atoms with Crippen LogP contribution in [0.3, 0.4) is 0 Å². The van der Waals surface area contributed by atoms with E-state index in [2.05, 4.69) is 29.1 Å². The van der Waals surface area contributed by atoms with Crippen LogP contribution in [-0.2, 0) is 4.79 Å². The third-order valence-corrected chi connectivity index (χ3v) is 2.87. The van der Waals surface area contributed by atoms with Crippen molar-refractivity contribution >= 4 is 23.3 Å². The smallest absolute Gasteiger partial charge is 0.229 e. The van der Waals surface area contributed by atoms with E-state index in [9.17, 15) is 4.79 Å². The average molecular weight is 226 g/mol. The summed E-state index contributed by atoms with van der Waals surface area (Å²) in [5.41, 5.74) is 0.121. The summed E-state index contributed by atoms with van der Waals surface area (Å²) in [4.78, 5) is 19.5. The molecule has 0 bridgehead atoms. The zero-order chi connectivity index (χ0) is 11.1. The van der Waals surface area contributed by atoms with E-state index in [1.807, 2.05) is 0 Å². The van der Waals surface area contributed by atoms with Gasteiger partial charge >= 0.3 is 0 Å². The molecule has 5 heteroatoms. The van der Waals surface area contributed by atoms with E-state index in [1.165, 1.54) is 12.4 Å². The Morgan fingerprint density at radius 1 is 1.60 bits per heavy atom. The van der Waals surface area contributed by atoms with Crippen molar-refractivity contribution in [1.82, 2.24) is 9.97 Å². The van der Waals surface area contributed by atoms with Gasteiger partial charge in [0, 0.05) is 5.92 Å². The molecular weight excluding hydrogens is 214 g/mol. The van der Waals surface area contributed by atoms with Crippen LogP contribution in [-0.4, -0.2) is 15.9 Å². The van der Waals surface area contributed by atoms with Gasteiger partial charge in [0.2, 0.25) is 5.91 Å². The Kier molecular flexibility index (Phi) is 2.38. The number of carbonyl (C=O) groups excluding carboxylic acids is 1. The summed E-state index contributed by atoms with van der Waals surface area (Å²) in [6.07, 6.45) is 3.84. The van der Waals surface area contributed by atoms with Crippen LogP contribution in [0.1, 0.15) is 20.3 Å². The SMILES string of the molecule is CC1(C)CC1C(=O)Nc1cncc(Cl)n1. The summed E-state index contributed by atoms with van der Waals surface area (Å²) >= 11 is 5.65. The van der Waals surface area contributed by atoms with Crippen LogP contribution in [0.25, 0.3) is 0 Å². The highest BCUT2D eigenvalue weighted by atomic mass is 35.5. The van der Waals surface area contributed by atoms with Crippen molar-refractivity contribution in [3.63, 3.8) is 0 Å². The predicted octanol–water partition coefficient (Wildman–Crippen LogP) is 2.11. The lowest BCUT2D eigenvalue weighted by molar-refractivity contribution is -0.118. The lowest BCUT2D eigenvalue weighted by atomic mass is 10.1. The molecule has 1 unspecified atom stereocenters. The summed E-state index contributed by atoms with van der Waals surface area (Å²) in [7, 11) is 0. The Labute approximate surface area is 93.1 Å². The molecule has 1 aromatic rings. The molecule has 1 atom stereocenters. The first-order valence-corrected chi connectivity index (χ1v) is 5.15. The third-order valence-electron chi connectivity index (χ3n) is 2.69. The molecule has 1 fully saturated rings. The number of anilines is 1. The molecule has 1 amide bonds. The second-order valence-electron chi connectivity index (χ2n) is 4.46. The highest BCUT2D eigenvalue weighted by Crippen LogP contribution is 2.51. The molecule has 2 rings (SSSR count). The number of amides is 1. The van der Waals surface area contributed by atoms with Crippen molar-refractivity contribution in [2.75, 3.05) is 5.32 Å². The van der Waals surface area contributed by atoms with Crippen molar-refractivity contribution in [2.45, 2.75) is 20.3 Å². The molecule has 80 valence electrons. The minimum Gasteiger partial charge on any atom is -0.309 e. The summed E-state index contributed by atoms with van der Waals surface area (Å²) in [5, 5.41) is 2.98. The molecule has 0 spiro atoms. The van der Waals surface area contributed by atoms with Gasteiger partial charge in [-0.2, -0.15) is 0 Å². The van der Waals surface area contributed by atoms with E-state index in [-0.39, 0.29) is 22.4 Å². The molecular formula is C10H12ClN3O. The third kappa shape index (κ3) is 2.26. The molecule has 1 aliphatic rings. The first kappa shape index (κ1) is 10.4. The van der Waals surface area contributed by atoms with Gasteiger partial charge in [-0.3, -0.25) is 9.78 Å². The highest BCUT2D eigenvalue weighted by Gasteiger charge is 2.50. The van der Waals surface area contributed by atoms with Crippen molar-refractivity contribution in [3.8, 4) is 0 Å². The Morgan fingerprint density at radius 2 is 2.27 bits per heavy atom. The van der Waals surface area contributed by atoms with Crippen LogP contribution in [0.15, 0.2) is 12.4 Å². The molecule has 4 nitrogen and oxygen atoms in total. The van der Waals surface area contributed by atoms with Crippen LogP contribution in [0.5, 0.6) is 0 Å². The number of aromatic nitrogens is 2. The number of halogens is 1. The van der Waals surface area contributed by atoms with Gasteiger partial charge in [0.05, 0.1) is 12.4 Å². The van der Waals surface area contributed by atoms with Crippen molar-refractivity contribution in [1.29, 1.82) is 0 Å². The van der Waals surface area contributed by atoms with Crippen LogP contribution in [0, 0.1) is 11.3 Å². The van der Waals surface area contributed by atoms with Gasteiger partial charge in [0.15, 0.2) is 5.82 Å². The van der Waals surface area contributed by atoms with E-state index < -0.39 is 0 Å². The Hall–Kier alpha value is -1.16. The Balaban J connectivity index is 2.01. The van der Waals surface area contributed by atoms with Gasteiger partial charge < -0.3 is 5.32 Å². The van der Waals surface area contributed by atoms with Crippen molar-refractivity contribution in [3.05, 3.63) is 17.5 Å². The van der Waals surface area contributed by atoms with Crippen molar-refractivity contribution < 1.29 is 4.79 Å². The molecule has 15 heavy (non-hydrogen) atoms. The summed E-state index contributed by atoms with van der Waals surface area (Å²) < 4.78 is 0. The fourth-order valence-electron chi connectivity index (χ4n) is 1.53. The summed E-state index contributed by atoms with van der Waals surface area (Å²) in [5.74, 6) is 0.491.